The highest BCUT2D eigenvalue weighted by molar-refractivity contribution is 7.53. The first-order valence-electron chi connectivity index (χ1n) is 4.44. The lowest BCUT2D eigenvalue weighted by molar-refractivity contribution is -0.143. The normalized spacial score (nSPS) is 11.4. The minimum Gasteiger partial charge on any atom is -0.466 e. The Labute approximate surface area is 84.3 Å². The quantitative estimate of drug-likeness (QED) is 0.487. The lowest BCUT2D eigenvalue weighted by atomic mass is 10.3. The molecule has 0 radical (unpaired) electrons. The molecule has 0 amide bonds. The van der Waals surface area contributed by atoms with Crippen LogP contribution in [0.25, 0.3) is 0 Å². The monoisotopic (exact) mass is 224 g/mol. The third-order valence-electron chi connectivity index (χ3n) is 1.67. The Hall–Kier alpha value is -0.380. The molecule has 0 unspecified atom stereocenters. The van der Waals surface area contributed by atoms with Crippen LogP contribution in [-0.2, 0) is 23.1 Å². The van der Waals surface area contributed by atoms with Gasteiger partial charge in [0.05, 0.1) is 12.8 Å². The largest absolute Gasteiger partial charge is 0.466 e. The molecule has 14 heavy (non-hydrogen) atoms. The van der Waals surface area contributed by atoms with Crippen molar-refractivity contribution in [2.24, 2.45) is 0 Å². The number of ether oxygens (including phenoxy) is 1. The Morgan fingerprint density at radius 3 is 2.29 bits per heavy atom. The van der Waals surface area contributed by atoms with Crippen LogP contribution in [0.4, 0.5) is 0 Å². The predicted octanol–water partition coefficient (Wildman–Crippen LogP) is 1.82. The molecule has 0 heterocycles. The Morgan fingerprint density at radius 2 is 1.86 bits per heavy atom. The molecular weight excluding hydrogens is 207 g/mol. The smallest absolute Gasteiger partial charge is 0.330 e. The number of hydrogen-bond donors (Lipinski definition) is 0. The summed E-state index contributed by atoms with van der Waals surface area (Å²) in [4.78, 5) is 10.9. The predicted molar refractivity (Wildman–Crippen MR) is 52.4 cm³/mol. The number of hydrogen-bond acceptors (Lipinski definition) is 5. The third-order valence-corrected chi connectivity index (χ3v) is 3.65. The van der Waals surface area contributed by atoms with Crippen molar-refractivity contribution in [1.82, 2.24) is 0 Å². The van der Waals surface area contributed by atoms with Crippen LogP contribution < -0.4 is 0 Å². The van der Waals surface area contributed by atoms with Crippen molar-refractivity contribution in [1.29, 1.82) is 0 Å². The zero-order chi connectivity index (χ0) is 11.0. The standard InChI is InChI=1S/C8H17O5P/c1-4-13-8(9)6-5-7-14(10,11-2)12-3/h4-7H2,1-3H3. The van der Waals surface area contributed by atoms with E-state index in [1.54, 1.807) is 6.92 Å². The van der Waals surface area contributed by atoms with Gasteiger partial charge in [0.1, 0.15) is 0 Å². The molecule has 0 aliphatic carbocycles. The minimum absolute atomic E-state index is 0.235. The van der Waals surface area contributed by atoms with Crippen LogP contribution in [-0.4, -0.2) is 33.0 Å². The van der Waals surface area contributed by atoms with E-state index in [1.807, 2.05) is 0 Å². The Kier molecular flexibility index (Phi) is 6.79. The van der Waals surface area contributed by atoms with Gasteiger partial charge in [-0.2, -0.15) is 0 Å². The van der Waals surface area contributed by atoms with E-state index >= 15 is 0 Å². The summed E-state index contributed by atoms with van der Waals surface area (Å²) < 4.78 is 25.6. The summed E-state index contributed by atoms with van der Waals surface area (Å²) in [5.41, 5.74) is 0. The molecule has 84 valence electrons. The first-order valence-corrected chi connectivity index (χ1v) is 6.17. The van der Waals surface area contributed by atoms with Gasteiger partial charge < -0.3 is 13.8 Å². The Bertz CT molecular complexity index is 208. The number of esters is 1. The van der Waals surface area contributed by atoms with E-state index in [0.717, 1.165) is 0 Å². The Balaban J connectivity index is 3.72. The second kappa shape index (κ2) is 6.98. The first kappa shape index (κ1) is 13.6. The zero-order valence-electron chi connectivity index (χ0n) is 8.82. The van der Waals surface area contributed by atoms with Crippen LogP contribution >= 0.6 is 7.60 Å². The van der Waals surface area contributed by atoms with E-state index in [2.05, 4.69) is 0 Å². The van der Waals surface area contributed by atoms with Crippen LogP contribution in [0.5, 0.6) is 0 Å². The highest BCUT2D eigenvalue weighted by atomic mass is 31.2. The minimum atomic E-state index is -2.96. The highest BCUT2D eigenvalue weighted by Gasteiger charge is 2.20. The summed E-state index contributed by atoms with van der Waals surface area (Å²) in [6.07, 6.45) is 0.918. The maximum Gasteiger partial charge on any atom is 0.330 e. The summed E-state index contributed by atoms with van der Waals surface area (Å²) >= 11 is 0. The summed E-state index contributed by atoms with van der Waals surface area (Å²) in [6, 6.07) is 0. The lowest BCUT2D eigenvalue weighted by Crippen LogP contribution is -2.05. The molecule has 0 rings (SSSR count). The van der Waals surface area contributed by atoms with Gasteiger partial charge in [-0.25, -0.2) is 0 Å². The van der Waals surface area contributed by atoms with Gasteiger partial charge >= 0.3 is 13.6 Å². The summed E-state index contributed by atoms with van der Waals surface area (Å²) in [5.74, 6) is -0.286. The molecule has 0 atom stereocenters. The van der Waals surface area contributed by atoms with Gasteiger partial charge in [-0.3, -0.25) is 9.36 Å². The van der Waals surface area contributed by atoms with Crippen LogP contribution in [0.2, 0.25) is 0 Å². The van der Waals surface area contributed by atoms with E-state index in [1.165, 1.54) is 14.2 Å². The summed E-state index contributed by atoms with van der Waals surface area (Å²) in [7, 11) is -0.308. The molecule has 0 N–H and O–H groups in total. The van der Waals surface area contributed by atoms with Gasteiger partial charge in [0.25, 0.3) is 0 Å². The second-order valence-corrected chi connectivity index (χ2v) is 5.01. The number of rotatable bonds is 7. The fraction of sp³-hybridized carbons (Fsp3) is 0.875. The summed E-state index contributed by atoms with van der Waals surface area (Å²) in [5, 5.41) is 0. The lowest BCUT2D eigenvalue weighted by Gasteiger charge is -2.12. The van der Waals surface area contributed by atoms with Gasteiger partial charge in [0.15, 0.2) is 0 Å². The van der Waals surface area contributed by atoms with E-state index < -0.39 is 7.60 Å². The molecule has 0 spiro atoms. The average molecular weight is 224 g/mol. The van der Waals surface area contributed by atoms with E-state index in [0.29, 0.717) is 13.0 Å². The van der Waals surface area contributed by atoms with Gasteiger partial charge in [0, 0.05) is 20.6 Å². The molecule has 0 aliphatic heterocycles. The van der Waals surface area contributed by atoms with Crippen molar-refractivity contribution in [2.75, 3.05) is 27.0 Å². The molecular formula is C8H17O5P. The molecule has 0 bridgehead atoms. The number of carbonyl (C=O) groups excluding carboxylic acids is 1. The van der Waals surface area contributed by atoms with Crippen molar-refractivity contribution in [2.45, 2.75) is 19.8 Å². The van der Waals surface area contributed by atoms with Gasteiger partial charge in [-0.1, -0.05) is 0 Å². The molecule has 5 nitrogen and oxygen atoms in total. The fourth-order valence-corrected chi connectivity index (χ4v) is 1.97. The molecule has 6 heteroatoms. The molecule has 0 aromatic heterocycles. The van der Waals surface area contributed by atoms with Crippen molar-refractivity contribution >= 4 is 13.6 Å². The van der Waals surface area contributed by atoms with Gasteiger partial charge in [0.2, 0.25) is 0 Å². The van der Waals surface area contributed by atoms with Crippen molar-refractivity contribution < 1.29 is 23.1 Å². The van der Waals surface area contributed by atoms with Crippen LogP contribution in [0.3, 0.4) is 0 Å². The molecule has 0 aliphatic rings. The van der Waals surface area contributed by atoms with Crippen LogP contribution in [0, 0.1) is 0 Å². The highest BCUT2D eigenvalue weighted by Crippen LogP contribution is 2.46. The van der Waals surface area contributed by atoms with Gasteiger partial charge in [-0.15, -0.1) is 0 Å². The van der Waals surface area contributed by atoms with Crippen molar-refractivity contribution in [3.8, 4) is 0 Å². The molecule has 0 saturated carbocycles. The second-order valence-electron chi connectivity index (χ2n) is 2.61. The number of carbonyl (C=O) groups is 1. The van der Waals surface area contributed by atoms with Crippen molar-refractivity contribution in [3.63, 3.8) is 0 Å². The fourth-order valence-electron chi connectivity index (χ4n) is 0.907. The molecule has 0 aromatic carbocycles. The van der Waals surface area contributed by atoms with E-state index in [-0.39, 0.29) is 18.6 Å². The van der Waals surface area contributed by atoms with E-state index in [4.69, 9.17) is 13.8 Å². The molecule has 0 saturated heterocycles. The summed E-state index contributed by atoms with van der Waals surface area (Å²) in [6.45, 7) is 2.11. The zero-order valence-corrected chi connectivity index (χ0v) is 9.71. The third kappa shape index (κ3) is 5.37. The maximum absolute atomic E-state index is 11.5. The Morgan fingerprint density at radius 1 is 1.29 bits per heavy atom. The average Bonchev–Trinajstić information content (AvgIpc) is 2.18. The molecule has 0 fully saturated rings. The molecule has 0 aromatic rings. The van der Waals surface area contributed by atoms with E-state index in [9.17, 15) is 9.36 Å². The topological polar surface area (TPSA) is 61.8 Å². The van der Waals surface area contributed by atoms with Crippen LogP contribution in [0.1, 0.15) is 19.8 Å². The SMILES string of the molecule is CCOC(=O)CCCP(=O)(OC)OC. The first-order chi connectivity index (χ1) is 6.58. The van der Waals surface area contributed by atoms with Gasteiger partial charge in [-0.05, 0) is 13.3 Å². The van der Waals surface area contributed by atoms with Crippen molar-refractivity contribution in [3.05, 3.63) is 0 Å². The maximum atomic E-state index is 11.5. The van der Waals surface area contributed by atoms with Crippen LogP contribution in [0.15, 0.2) is 0 Å².